The Labute approximate surface area is 852 Å². The molecule has 0 saturated carbocycles. The fraction of sp³-hybridized carbons (Fsp3) is 0.333. The molecule has 12 aliphatic rings. The molecular formula is C117H118N12O18. The largest absolute Gasteiger partial charge is 0.478 e. The molecule has 6 aromatic heterocycles. The molecule has 2 atom stereocenters. The molecule has 2 unspecified atom stereocenters. The van der Waals surface area contributed by atoms with Crippen LogP contribution in [0, 0.1) is 10.8 Å². The number of nitrogens with zero attached hydrogens (tertiary/aromatic N) is 12. The number of carbonyl (C=O) groups excluding carboxylic acids is 9. The van der Waals surface area contributed by atoms with E-state index in [4.69, 9.17) is 14.2 Å². The van der Waals surface area contributed by atoms with Crippen LogP contribution >= 0.6 is 0 Å². The monoisotopic (exact) mass is 1980 g/mol. The van der Waals surface area contributed by atoms with E-state index in [0.29, 0.717) is 195 Å². The summed E-state index contributed by atoms with van der Waals surface area (Å²) in [5, 5.41) is 27.9. The summed E-state index contributed by atoms with van der Waals surface area (Å²) in [5.74, 6) is -3.26. The molecule has 10 aromatic rings. The minimum absolute atomic E-state index is 0.0000279. The molecule has 4 saturated heterocycles. The smallest absolute Gasteiger partial charge is 0.338 e. The molecule has 0 bridgehead atoms. The highest BCUT2D eigenvalue weighted by Gasteiger charge is 2.40. The Morgan fingerprint density at radius 3 is 0.789 bits per heavy atom. The van der Waals surface area contributed by atoms with Crippen molar-refractivity contribution in [1.82, 2.24) is 59.3 Å². The van der Waals surface area contributed by atoms with Gasteiger partial charge in [0.25, 0.3) is 11.8 Å². The van der Waals surface area contributed by atoms with Gasteiger partial charge < -0.3 is 58.9 Å². The summed E-state index contributed by atoms with van der Waals surface area (Å²) in [4.78, 5) is 184. The normalized spacial score (nSPS) is 17.8. The van der Waals surface area contributed by atoms with Crippen molar-refractivity contribution in [1.29, 1.82) is 0 Å². The van der Waals surface area contributed by atoms with Crippen LogP contribution in [0.25, 0.3) is 36.5 Å². The van der Waals surface area contributed by atoms with Gasteiger partial charge in [-0.3, -0.25) is 58.7 Å². The highest BCUT2D eigenvalue weighted by Crippen LogP contribution is 2.41. The Morgan fingerprint density at radius 2 is 0.524 bits per heavy atom. The van der Waals surface area contributed by atoms with Gasteiger partial charge in [0.15, 0.2) is 0 Å². The van der Waals surface area contributed by atoms with E-state index in [-0.39, 0.29) is 58.1 Å². The lowest BCUT2D eigenvalue weighted by atomic mass is 9.82. The standard InChI is InChI=1S/C22H22N2O3.C21H20N2O3.C20H18N2O3.C19H16N2O3.C18H22N2O3.C17H20N2O3/c1-27-22(26)18-9-10-23-20-13-17(12-19(18)20)21(25)24-11-5-8-16(14-24)15-6-3-2-4-7-15;24-20(16-11-18-17(21(25)26)8-9-22-19(18)12-16)23-10-4-7-15(13-23)14-5-2-1-3-6-14;1-25-20(24)16-6-8-21-18-11-15(10-17(16)18)19(23)22-9-7-13-4-2-3-5-14(13)12-22;22-18(21-8-6-12-3-1-2-4-13(12)11-21)14-9-16-15(19(23)24)5-7-20-17(16)10-14;1-18(2)5-8-20(9-6-18)16(21)12-10-14-13(17(22)23-3)4-7-19-15(14)11-12;1-17(2)4-7-19(8-5-17)15(20)11-9-13-12(16(21)22)3-6-18-14(13)10-11/h2-4,6-7,9-10,13,16H,5,8,11-12,14H2,1H3;1-3,5-6,8-9,12,15H,4,7,10-11,13H2,(H,25,26);2-6,8,11H,7,9-10,12H2,1H3;1-5,7,10H,6,8-9,11H2,(H,23,24);4,7,11H,5-6,8-10H2,1-3H3;3,6,10H,4-5,7-9H2,1-2H3,(H,21,22). The van der Waals surface area contributed by atoms with E-state index in [1.54, 1.807) is 61.1 Å². The SMILES string of the molecule is CC1(C)CCN(C(=O)C2=Cc3nccc(C(=O)O)c3C2)CC1.COC(=O)c1ccnc2c1CC(C(=O)N1CCC(C)(C)CC1)=C2.COC(=O)c1ccnc2c1CC(C(=O)N1CCCC(c3ccccc3)C1)=C2.COC(=O)c1ccnc2c1CC(C(=O)N1CCc3ccccc3C1)=C2.O=C(O)c1ccnc2c1CC(C(=O)N1CCCC(c3ccccc3)C1)=C2.O=C(O)c1ccnc2c1CC(C(=O)N1CCc3ccccc3C1)=C2. The first-order chi connectivity index (χ1) is 70.9. The minimum Gasteiger partial charge on any atom is -0.478 e. The van der Waals surface area contributed by atoms with Crippen molar-refractivity contribution in [3.05, 3.63) is 351 Å². The number of carboxylic acid groups (broad SMARTS) is 3. The zero-order valence-corrected chi connectivity index (χ0v) is 83.6. The van der Waals surface area contributed by atoms with Gasteiger partial charge in [0.1, 0.15) is 0 Å². The van der Waals surface area contributed by atoms with Crippen LogP contribution < -0.4 is 0 Å². The first kappa shape index (κ1) is 102. The summed E-state index contributed by atoms with van der Waals surface area (Å²) >= 11 is 0. The molecule has 6 aliphatic carbocycles. The van der Waals surface area contributed by atoms with Gasteiger partial charge in [0, 0.05) is 200 Å². The summed E-state index contributed by atoms with van der Waals surface area (Å²) in [6.07, 6.45) is 32.1. The number of carbonyl (C=O) groups is 12. The molecule has 754 valence electrons. The number of ether oxygens (including phenoxy) is 3. The molecule has 3 N–H and O–H groups in total. The number of hydrogen-bond donors (Lipinski definition) is 3. The molecule has 30 nitrogen and oxygen atoms in total. The molecule has 6 aliphatic heterocycles. The molecule has 6 amide bonds. The van der Waals surface area contributed by atoms with Gasteiger partial charge in [-0.05, 0) is 215 Å². The minimum atomic E-state index is -0.984. The fourth-order valence-electron chi connectivity index (χ4n) is 21.2. The van der Waals surface area contributed by atoms with E-state index in [2.05, 4.69) is 106 Å². The van der Waals surface area contributed by atoms with Crippen LogP contribution in [0.3, 0.4) is 0 Å². The Morgan fingerprint density at radius 1 is 0.286 bits per heavy atom. The lowest BCUT2D eigenvalue weighted by molar-refractivity contribution is -0.129. The maximum Gasteiger partial charge on any atom is 0.338 e. The van der Waals surface area contributed by atoms with Crippen molar-refractivity contribution in [2.75, 3.05) is 86.8 Å². The van der Waals surface area contributed by atoms with Crippen molar-refractivity contribution in [2.45, 2.75) is 155 Å². The molecule has 30 heteroatoms. The molecule has 4 aromatic carbocycles. The summed E-state index contributed by atoms with van der Waals surface area (Å²) in [5.41, 5.74) is 22.4. The number of likely N-dealkylation sites (tertiary alicyclic amines) is 4. The van der Waals surface area contributed by atoms with E-state index in [1.807, 2.05) is 102 Å². The third kappa shape index (κ3) is 23.3. The van der Waals surface area contributed by atoms with Crippen molar-refractivity contribution in [2.24, 2.45) is 10.8 Å². The maximum atomic E-state index is 13.1. The summed E-state index contributed by atoms with van der Waals surface area (Å²) in [7, 11) is 4.08. The van der Waals surface area contributed by atoms with Crippen LogP contribution in [0.4, 0.5) is 0 Å². The zero-order valence-electron chi connectivity index (χ0n) is 83.6. The topological polar surface area (TPSA) is 390 Å². The van der Waals surface area contributed by atoms with Crippen LogP contribution in [0.15, 0.2) is 216 Å². The number of pyridine rings is 6. The van der Waals surface area contributed by atoms with Crippen molar-refractivity contribution in [3.8, 4) is 0 Å². The lowest BCUT2D eigenvalue weighted by Gasteiger charge is -2.37. The second-order valence-electron chi connectivity index (χ2n) is 40.2. The van der Waals surface area contributed by atoms with E-state index in [1.165, 1.54) is 91.5 Å². The molecule has 12 heterocycles. The third-order valence-corrected chi connectivity index (χ3v) is 29.8. The number of piperidine rings is 4. The number of benzene rings is 4. The van der Waals surface area contributed by atoms with Crippen LogP contribution in [-0.4, -0.2) is 233 Å². The number of aromatic nitrogens is 6. The van der Waals surface area contributed by atoms with Gasteiger partial charge in [-0.2, -0.15) is 0 Å². The van der Waals surface area contributed by atoms with Gasteiger partial charge >= 0.3 is 35.8 Å². The van der Waals surface area contributed by atoms with Crippen molar-refractivity contribution in [3.63, 3.8) is 0 Å². The quantitative estimate of drug-likeness (QED) is 0.0672. The van der Waals surface area contributed by atoms with Gasteiger partial charge in [0.05, 0.1) is 88.9 Å². The predicted molar refractivity (Wildman–Crippen MR) is 551 cm³/mol. The predicted octanol–water partition coefficient (Wildman–Crippen LogP) is 15.9. The second-order valence-corrected chi connectivity index (χ2v) is 40.2. The fourth-order valence-corrected chi connectivity index (χ4v) is 21.2. The highest BCUT2D eigenvalue weighted by molar-refractivity contribution is 6.07. The Bertz CT molecular complexity index is 7080. The lowest BCUT2D eigenvalue weighted by Crippen LogP contribution is -2.41. The number of aromatic carboxylic acids is 3. The number of carboxylic acids is 3. The van der Waals surface area contributed by atoms with Crippen molar-refractivity contribution >= 4 is 108 Å². The van der Waals surface area contributed by atoms with Gasteiger partial charge in [0.2, 0.25) is 23.6 Å². The Kier molecular flexibility index (Phi) is 31.3. The molecule has 22 rings (SSSR count). The molecular weight excluding hydrogens is 1860 g/mol. The molecule has 0 radical (unpaired) electrons. The summed E-state index contributed by atoms with van der Waals surface area (Å²) < 4.78 is 14.5. The zero-order chi connectivity index (χ0) is 103. The van der Waals surface area contributed by atoms with Gasteiger partial charge in [-0.15, -0.1) is 0 Å². The highest BCUT2D eigenvalue weighted by atomic mass is 16.5. The van der Waals surface area contributed by atoms with E-state index >= 15 is 0 Å². The van der Waals surface area contributed by atoms with Gasteiger partial charge in [-0.1, -0.05) is 137 Å². The van der Waals surface area contributed by atoms with Crippen molar-refractivity contribution < 1.29 is 87.1 Å². The number of rotatable bonds is 14. The second kappa shape index (κ2) is 45.0. The third-order valence-electron chi connectivity index (χ3n) is 29.8. The number of methoxy groups -OCH3 is 3. The average molecular weight is 1980 g/mol. The van der Waals surface area contributed by atoms with E-state index < -0.39 is 29.8 Å². The summed E-state index contributed by atoms with van der Waals surface area (Å²) in [6.45, 7) is 17.6. The van der Waals surface area contributed by atoms with Crippen LogP contribution in [-0.2, 0) is 107 Å². The number of hydrogen-bond acceptors (Lipinski definition) is 21. The van der Waals surface area contributed by atoms with E-state index in [0.717, 1.165) is 127 Å². The number of esters is 3. The Balaban J connectivity index is 0.000000121. The maximum absolute atomic E-state index is 13.1. The first-order valence-electron chi connectivity index (χ1n) is 49.9. The Hall–Kier alpha value is -16.1. The van der Waals surface area contributed by atoms with E-state index in [9.17, 15) is 72.9 Å². The van der Waals surface area contributed by atoms with Crippen LogP contribution in [0.5, 0.6) is 0 Å². The molecule has 4 fully saturated rings. The van der Waals surface area contributed by atoms with Crippen LogP contribution in [0.1, 0.15) is 254 Å². The molecule has 0 spiro atoms. The van der Waals surface area contributed by atoms with Gasteiger partial charge in [-0.25, -0.2) is 28.8 Å². The number of fused-ring (bicyclic) bond motifs is 8. The first-order valence-corrected chi connectivity index (χ1v) is 49.9. The summed E-state index contributed by atoms with van der Waals surface area (Å²) in [6, 6.07) is 46.5. The average Bonchev–Trinajstić information content (AvgIpc) is 1.66. The molecule has 147 heavy (non-hydrogen) atoms. The number of amides is 6. The van der Waals surface area contributed by atoms with Crippen LogP contribution in [0.2, 0.25) is 0 Å².